The van der Waals surface area contributed by atoms with Crippen LogP contribution >= 0.6 is 0 Å². The lowest BCUT2D eigenvalue weighted by Crippen LogP contribution is -2.49. The molecule has 2 heterocycles. The minimum Gasteiger partial charge on any atom is -0.393 e. The molecule has 2 N–H and O–H groups in total. The lowest BCUT2D eigenvalue weighted by molar-refractivity contribution is 0.0734. The van der Waals surface area contributed by atoms with Gasteiger partial charge in [-0.05, 0) is 51.7 Å². The third-order valence-electron chi connectivity index (χ3n) is 4.68. The third-order valence-corrected chi connectivity index (χ3v) is 4.68. The normalized spacial score (nSPS) is 21.5. The molecule has 124 valence electrons. The Bertz CT molecular complexity index is 484. The highest BCUT2D eigenvalue weighted by Crippen LogP contribution is 2.19. The Hall–Kier alpha value is -1.49. The Morgan fingerprint density at radius 2 is 2.27 bits per heavy atom. The molecule has 0 spiro atoms. The van der Waals surface area contributed by atoms with Gasteiger partial charge in [0.25, 0.3) is 0 Å². The van der Waals surface area contributed by atoms with Gasteiger partial charge in [0.05, 0.1) is 6.10 Å². The van der Waals surface area contributed by atoms with Gasteiger partial charge in [-0.2, -0.15) is 0 Å². The Balaban J connectivity index is 1.77. The van der Waals surface area contributed by atoms with Crippen LogP contribution in [0, 0.1) is 5.92 Å². The molecule has 0 bridgehead atoms. The highest BCUT2D eigenvalue weighted by molar-refractivity contribution is 5.74. The molecule has 5 heteroatoms. The number of aliphatic hydroxyl groups excluding tert-OH is 1. The predicted octanol–water partition coefficient (Wildman–Crippen LogP) is 2.15. The summed E-state index contributed by atoms with van der Waals surface area (Å²) in [5.74, 6) is 0.207. The maximum Gasteiger partial charge on any atom is 0.317 e. The molecular weight excluding hydrogens is 278 g/mol. The predicted molar refractivity (Wildman–Crippen MR) is 87.7 cm³/mol. The summed E-state index contributed by atoms with van der Waals surface area (Å²) in [6, 6.07) is 4.31. The number of aliphatic hydroxyl groups is 1. The van der Waals surface area contributed by atoms with Gasteiger partial charge in [-0.1, -0.05) is 0 Å². The van der Waals surface area contributed by atoms with Crippen LogP contribution in [0.1, 0.15) is 38.8 Å². The number of aromatic nitrogens is 1. The molecule has 1 aliphatic rings. The van der Waals surface area contributed by atoms with E-state index >= 15 is 0 Å². The molecule has 2 amide bonds. The van der Waals surface area contributed by atoms with Gasteiger partial charge in [-0.15, -0.1) is 0 Å². The lowest BCUT2D eigenvalue weighted by atomic mass is 9.94. The second kappa shape index (κ2) is 7.68. The smallest absolute Gasteiger partial charge is 0.317 e. The van der Waals surface area contributed by atoms with E-state index in [1.807, 2.05) is 31.1 Å². The summed E-state index contributed by atoms with van der Waals surface area (Å²) in [6.45, 7) is 5.32. The van der Waals surface area contributed by atoms with E-state index in [0.717, 1.165) is 32.2 Å². The molecule has 1 aromatic rings. The van der Waals surface area contributed by atoms with Crippen molar-refractivity contribution >= 4 is 6.03 Å². The van der Waals surface area contributed by atoms with Crippen LogP contribution in [0.3, 0.4) is 0 Å². The summed E-state index contributed by atoms with van der Waals surface area (Å²) in [5.41, 5.74) is 1.29. The van der Waals surface area contributed by atoms with Crippen LogP contribution in [0.4, 0.5) is 4.79 Å². The van der Waals surface area contributed by atoms with E-state index in [9.17, 15) is 9.90 Å². The topological polar surface area (TPSA) is 57.5 Å². The summed E-state index contributed by atoms with van der Waals surface area (Å²) in [6.07, 6.45) is 5.57. The van der Waals surface area contributed by atoms with E-state index in [-0.39, 0.29) is 24.1 Å². The van der Waals surface area contributed by atoms with Crippen molar-refractivity contribution in [3.05, 3.63) is 24.0 Å². The standard InChI is InChI=1S/C17H29N3O2/c1-13(8-9-16-7-5-10-19(16)3)18-17(22)20-11-4-6-15(12-20)14(2)21/h5,7,10,13-15,21H,4,6,8-9,11-12H2,1-3H3,(H,18,22). The maximum atomic E-state index is 12.3. The number of hydrogen-bond acceptors (Lipinski definition) is 2. The van der Waals surface area contributed by atoms with Gasteiger partial charge in [0.15, 0.2) is 0 Å². The SMILES string of the molecule is CC(CCc1cccn1C)NC(=O)N1CCCC(C(C)O)C1. The lowest BCUT2D eigenvalue weighted by Gasteiger charge is -2.34. The molecule has 3 atom stereocenters. The van der Waals surface area contributed by atoms with Crippen molar-refractivity contribution in [2.75, 3.05) is 13.1 Å². The van der Waals surface area contributed by atoms with E-state index in [1.165, 1.54) is 5.69 Å². The first-order valence-corrected chi connectivity index (χ1v) is 8.31. The van der Waals surface area contributed by atoms with Crippen molar-refractivity contribution < 1.29 is 9.90 Å². The van der Waals surface area contributed by atoms with E-state index in [4.69, 9.17) is 0 Å². The highest BCUT2D eigenvalue weighted by Gasteiger charge is 2.26. The van der Waals surface area contributed by atoms with Gasteiger partial charge < -0.3 is 19.9 Å². The number of carbonyl (C=O) groups is 1. The number of urea groups is 1. The number of carbonyl (C=O) groups excluding carboxylic acids is 1. The van der Waals surface area contributed by atoms with Crippen LogP contribution < -0.4 is 5.32 Å². The molecule has 0 aliphatic carbocycles. The fourth-order valence-electron chi connectivity index (χ4n) is 3.08. The zero-order valence-electron chi connectivity index (χ0n) is 14.0. The molecule has 0 aromatic carbocycles. The molecule has 1 aromatic heterocycles. The minimum absolute atomic E-state index is 0.00438. The van der Waals surface area contributed by atoms with Gasteiger partial charge in [0, 0.05) is 44.0 Å². The van der Waals surface area contributed by atoms with E-state index in [1.54, 1.807) is 0 Å². The summed E-state index contributed by atoms with van der Waals surface area (Å²) >= 11 is 0. The minimum atomic E-state index is -0.342. The second-order valence-corrected chi connectivity index (χ2v) is 6.59. The maximum absolute atomic E-state index is 12.3. The zero-order chi connectivity index (χ0) is 16.1. The van der Waals surface area contributed by atoms with E-state index in [0.29, 0.717) is 6.54 Å². The molecule has 1 fully saturated rings. The van der Waals surface area contributed by atoms with E-state index in [2.05, 4.69) is 22.9 Å². The average Bonchev–Trinajstić information content (AvgIpc) is 2.90. The summed E-state index contributed by atoms with van der Waals surface area (Å²) < 4.78 is 2.12. The number of piperidine rings is 1. The van der Waals surface area contributed by atoms with Gasteiger partial charge in [-0.3, -0.25) is 0 Å². The van der Waals surface area contributed by atoms with Crippen LogP contribution in [-0.2, 0) is 13.5 Å². The first-order valence-electron chi connectivity index (χ1n) is 8.31. The van der Waals surface area contributed by atoms with Crippen molar-refractivity contribution in [2.45, 2.75) is 51.7 Å². The third kappa shape index (κ3) is 4.50. The second-order valence-electron chi connectivity index (χ2n) is 6.59. The highest BCUT2D eigenvalue weighted by atomic mass is 16.3. The molecule has 3 unspecified atom stereocenters. The van der Waals surface area contributed by atoms with Crippen molar-refractivity contribution in [3.63, 3.8) is 0 Å². The molecule has 1 aliphatic heterocycles. The van der Waals surface area contributed by atoms with Crippen LogP contribution in [-0.4, -0.2) is 45.8 Å². The first-order chi connectivity index (χ1) is 10.5. The number of likely N-dealkylation sites (tertiary alicyclic amines) is 1. The summed E-state index contributed by atoms with van der Waals surface area (Å²) in [7, 11) is 2.04. The quantitative estimate of drug-likeness (QED) is 0.876. The van der Waals surface area contributed by atoms with Crippen LogP contribution in [0.2, 0.25) is 0 Å². The van der Waals surface area contributed by atoms with Crippen molar-refractivity contribution in [3.8, 4) is 0 Å². The molecule has 2 rings (SSSR count). The van der Waals surface area contributed by atoms with Crippen LogP contribution in [0.25, 0.3) is 0 Å². The van der Waals surface area contributed by atoms with Crippen LogP contribution in [0.5, 0.6) is 0 Å². The summed E-state index contributed by atoms with van der Waals surface area (Å²) in [4.78, 5) is 14.2. The number of rotatable bonds is 5. The molecule has 5 nitrogen and oxygen atoms in total. The molecule has 22 heavy (non-hydrogen) atoms. The number of aryl methyl sites for hydroxylation is 2. The summed E-state index contributed by atoms with van der Waals surface area (Å²) in [5, 5.41) is 12.8. The van der Waals surface area contributed by atoms with Crippen molar-refractivity contribution in [1.82, 2.24) is 14.8 Å². The van der Waals surface area contributed by atoms with Gasteiger partial charge >= 0.3 is 6.03 Å². The number of hydrogen-bond donors (Lipinski definition) is 2. The molecule has 0 radical (unpaired) electrons. The number of nitrogens with zero attached hydrogens (tertiary/aromatic N) is 2. The molecular formula is C17H29N3O2. The Morgan fingerprint density at radius 1 is 1.50 bits per heavy atom. The Labute approximate surface area is 133 Å². The fourth-order valence-corrected chi connectivity index (χ4v) is 3.08. The van der Waals surface area contributed by atoms with Gasteiger partial charge in [0.1, 0.15) is 0 Å². The van der Waals surface area contributed by atoms with Crippen molar-refractivity contribution in [1.29, 1.82) is 0 Å². The monoisotopic (exact) mass is 307 g/mol. The number of amides is 2. The van der Waals surface area contributed by atoms with Gasteiger partial charge in [-0.25, -0.2) is 4.79 Å². The van der Waals surface area contributed by atoms with E-state index < -0.39 is 0 Å². The number of nitrogens with one attached hydrogen (secondary N) is 1. The molecule has 1 saturated heterocycles. The largest absolute Gasteiger partial charge is 0.393 e. The van der Waals surface area contributed by atoms with Gasteiger partial charge in [0.2, 0.25) is 0 Å². The first kappa shape index (κ1) is 16.9. The Kier molecular flexibility index (Phi) is 5.89. The average molecular weight is 307 g/mol. The zero-order valence-corrected chi connectivity index (χ0v) is 14.0. The molecule has 0 saturated carbocycles. The Morgan fingerprint density at radius 3 is 2.91 bits per heavy atom. The van der Waals surface area contributed by atoms with Crippen LogP contribution in [0.15, 0.2) is 18.3 Å². The van der Waals surface area contributed by atoms with Crippen molar-refractivity contribution in [2.24, 2.45) is 13.0 Å². The fraction of sp³-hybridized carbons (Fsp3) is 0.706.